The van der Waals surface area contributed by atoms with Crippen LogP contribution in [0.25, 0.3) is 0 Å². The molecule has 0 saturated carbocycles. The summed E-state index contributed by atoms with van der Waals surface area (Å²) in [6.45, 7) is 6.96. The molecule has 0 N–H and O–H groups in total. The minimum Gasteiger partial charge on any atom is -0.300 e. The molecule has 1 saturated heterocycles. The molecule has 1 aliphatic heterocycles. The zero-order chi connectivity index (χ0) is 19.9. The zero-order valence-corrected chi connectivity index (χ0v) is 17.8. The summed E-state index contributed by atoms with van der Waals surface area (Å²) in [6, 6.07) is 10.5. The summed E-state index contributed by atoms with van der Waals surface area (Å²) in [5, 5.41) is 22.2. The number of nitrogens with zero attached hydrogens (tertiary/aromatic N) is 8. The van der Waals surface area contributed by atoms with Crippen molar-refractivity contribution in [3.63, 3.8) is 0 Å². The number of hydrogen-bond donors (Lipinski definition) is 0. The molecule has 1 aliphatic rings. The lowest BCUT2D eigenvalue weighted by molar-refractivity contribution is 0.316. The van der Waals surface area contributed by atoms with E-state index in [-0.39, 0.29) is 0 Å². The number of rotatable bonds is 10. The average molecular weight is 413 g/mol. The first kappa shape index (κ1) is 20.0. The fraction of sp³-hybridized carbons (Fsp3) is 0.550. The lowest BCUT2D eigenvalue weighted by Crippen LogP contribution is -2.21. The first-order valence-electron chi connectivity index (χ1n) is 10.4. The third kappa shape index (κ3) is 5.22. The molecule has 0 bridgehead atoms. The maximum Gasteiger partial charge on any atom is 0.192 e. The number of likely N-dealkylation sites (tertiary alicyclic amines) is 1. The van der Waals surface area contributed by atoms with E-state index in [4.69, 9.17) is 0 Å². The van der Waals surface area contributed by atoms with Gasteiger partial charge in [0.25, 0.3) is 0 Å². The Hall–Kier alpha value is -2.26. The van der Waals surface area contributed by atoms with Crippen LogP contribution in [-0.2, 0) is 25.4 Å². The van der Waals surface area contributed by atoms with Crippen LogP contribution >= 0.6 is 11.8 Å². The molecule has 154 valence electrons. The Bertz CT molecular complexity index is 885. The SMILES string of the molecule is CCCCn1nnnc1CSc1nnc(CN2CCCC2)n1Cc1ccccc1. The molecule has 1 aromatic carbocycles. The van der Waals surface area contributed by atoms with Crippen LogP contribution in [0.3, 0.4) is 0 Å². The fourth-order valence-electron chi connectivity index (χ4n) is 3.55. The Balaban J connectivity index is 1.51. The molecule has 8 nitrogen and oxygen atoms in total. The fourth-order valence-corrected chi connectivity index (χ4v) is 4.43. The highest BCUT2D eigenvalue weighted by Crippen LogP contribution is 2.23. The van der Waals surface area contributed by atoms with E-state index in [0.717, 1.165) is 62.4 Å². The standard InChI is InChI=1S/C20H28N8S/c1-2-3-13-28-19(22-24-25-28)16-29-20-23-21-18(15-26-11-7-8-12-26)27(20)14-17-9-5-4-6-10-17/h4-6,9-10H,2-3,7-8,11-16H2,1H3. The third-order valence-corrected chi connectivity index (χ3v) is 6.16. The summed E-state index contributed by atoms with van der Waals surface area (Å²) >= 11 is 1.66. The molecule has 0 amide bonds. The number of hydrogen-bond acceptors (Lipinski definition) is 7. The van der Waals surface area contributed by atoms with Crippen molar-refractivity contribution >= 4 is 11.8 Å². The largest absolute Gasteiger partial charge is 0.300 e. The summed E-state index contributed by atoms with van der Waals surface area (Å²) in [7, 11) is 0. The van der Waals surface area contributed by atoms with Crippen LogP contribution < -0.4 is 0 Å². The Morgan fingerprint density at radius 1 is 0.966 bits per heavy atom. The van der Waals surface area contributed by atoms with Crippen molar-refractivity contribution in [2.45, 2.75) is 63.2 Å². The highest BCUT2D eigenvalue weighted by Gasteiger charge is 2.19. The van der Waals surface area contributed by atoms with E-state index in [9.17, 15) is 0 Å². The Labute approximate surface area is 175 Å². The van der Waals surface area contributed by atoms with E-state index < -0.39 is 0 Å². The Morgan fingerprint density at radius 3 is 2.59 bits per heavy atom. The second-order valence-corrected chi connectivity index (χ2v) is 8.36. The van der Waals surface area contributed by atoms with Gasteiger partial charge < -0.3 is 4.57 Å². The summed E-state index contributed by atoms with van der Waals surface area (Å²) in [4.78, 5) is 2.46. The van der Waals surface area contributed by atoms with E-state index in [1.54, 1.807) is 11.8 Å². The minimum absolute atomic E-state index is 0.688. The van der Waals surface area contributed by atoms with Gasteiger partial charge in [-0.1, -0.05) is 55.4 Å². The maximum atomic E-state index is 4.54. The van der Waals surface area contributed by atoms with Gasteiger partial charge in [-0.05, 0) is 48.3 Å². The molecule has 0 unspecified atom stereocenters. The van der Waals surface area contributed by atoms with Gasteiger partial charge in [0.1, 0.15) is 5.82 Å². The molecular formula is C20H28N8S. The summed E-state index contributed by atoms with van der Waals surface area (Å²) in [5.41, 5.74) is 1.25. The first-order valence-corrected chi connectivity index (χ1v) is 11.4. The third-order valence-electron chi connectivity index (χ3n) is 5.20. The van der Waals surface area contributed by atoms with Gasteiger partial charge in [-0.15, -0.1) is 15.3 Å². The summed E-state index contributed by atoms with van der Waals surface area (Å²) < 4.78 is 4.15. The molecule has 29 heavy (non-hydrogen) atoms. The van der Waals surface area contributed by atoms with Crippen LogP contribution in [-0.4, -0.2) is 53.0 Å². The predicted octanol–water partition coefficient (Wildman–Crippen LogP) is 3.00. The molecule has 3 heterocycles. The number of thioether (sulfide) groups is 1. The Morgan fingerprint density at radius 2 is 1.79 bits per heavy atom. The molecule has 0 aliphatic carbocycles. The summed E-state index contributed by atoms with van der Waals surface area (Å²) in [6.07, 6.45) is 4.74. The van der Waals surface area contributed by atoms with Crippen molar-refractivity contribution < 1.29 is 0 Å². The van der Waals surface area contributed by atoms with Crippen molar-refractivity contribution in [1.82, 2.24) is 39.9 Å². The second kappa shape index (κ2) is 9.98. The van der Waals surface area contributed by atoms with Gasteiger partial charge in [-0.3, -0.25) is 4.90 Å². The van der Waals surface area contributed by atoms with E-state index in [2.05, 4.69) is 66.4 Å². The smallest absolute Gasteiger partial charge is 0.192 e. The molecular weight excluding hydrogens is 384 g/mol. The van der Waals surface area contributed by atoms with Gasteiger partial charge in [-0.25, -0.2) is 4.68 Å². The molecule has 0 radical (unpaired) electrons. The number of benzene rings is 1. The van der Waals surface area contributed by atoms with Crippen LogP contribution in [0.2, 0.25) is 0 Å². The number of aromatic nitrogens is 7. The number of tetrazole rings is 1. The average Bonchev–Trinajstić information content (AvgIpc) is 3.49. The molecule has 9 heteroatoms. The second-order valence-electron chi connectivity index (χ2n) is 7.41. The molecule has 1 fully saturated rings. The summed E-state index contributed by atoms with van der Waals surface area (Å²) in [5.74, 6) is 2.61. The van der Waals surface area contributed by atoms with Crippen molar-refractivity contribution in [2.75, 3.05) is 13.1 Å². The highest BCUT2D eigenvalue weighted by molar-refractivity contribution is 7.98. The predicted molar refractivity (Wildman–Crippen MR) is 112 cm³/mol. The minimum atomic E-state index is 0.688. The van der Waals surface area contributed by atoms with E-state index in [1.165, 1.54) is 18.4 Å². The van der Waals surface area contributed by atoms with Crippen molar-refractivity contribution in [2.24, 2.45) is 0 Å². The zero-order valence-electron chi connectivity index (χ0n) is 16.9. The van der Waals surface area contributed by atoms with Gasteiger partial charge >= 0.3 is 0 Å². The van der Waals surface area contributed by atoms with E-state index >= 15 is 0 Å². The van der Waals surface area contributed by atoms with Crippen molar-refractivity contribution in [3.8, 4) is 0 Å². The number of aryl methyl sites for hydroxylation is 1. The molecule has 3 aromatic rings. The van der Waals surface area contributed by atoms with Gasteiger partial charge in [0.05, 0.1) is 18.8 Å². The normalized spacial score (nSPS) is 14.7. The van der Waals surface area contributed by atoms with E-state index in [1.807, 2.05) is 10.7 Å². The van der Waals surface area contributed by atoms with Gasteiger partial charge in [0, 0.05) is 6.54 Å². The van der Waals surface area contributed by atoms with Crippen LogP contribution in [0.1, 0.15) is 49.8 Å². The van der Waals surface area contributed by atoms with Gasteiger partial charge in [-0.2, -0.15) is 0 Å². The van der Waals surface area contributed by atoms with Gasteiger partial charge in [0.15, 0.2) is 11.0 Å². The molecule has 4 rings (SSSR count). The maximum absolute atomic E-state index is 4.54. The van der Waals surface area contributed by atoms with E-state index in [0.29, 0.717) is 5.75 Å². The lowest BCUT2D eigenvalue weighted by Gasteiger charge is -2.16. The molecule has 0 atom stereocenters. The van der Waals surface area contributed by atoms with Crippen LogP contribution in [0.15, 0.2) is 35.5 Å². The van der Waals surface area contributed by atoms with Gasteiger partial charge in [0.2, 0.25) is 0 Å². The Kier molecular flexibility index (Phi) is 6.89. The van der Waals surface area contributed by atoms with Crippen molar-refractivity contribution in [1.29, 1.82) is 0 Å². The van der Waals surface area contributed by atoms with Crippen molar-refractivity contribution in [3.05, 3.63) is 47.5 Å². The number of unbranched alkanes of at least 4 members (excludes halogenated alkanes) is 1. The van der Waals surface area contributed by atoms with Crippen LogP contribution in [0.4, 0.5) is 0 Å². The highest BCUT2D eigenvalue weighted by atomic mass is 32.2. The molecule has 0 spiro atoms. The van der Waals surface area contributed by atoms with Crippen LogP contribution in [0, 0.1) is 0 Å². The first-order chi connectivity index (χ1) is 14.3. The lowest BCUT2D eigenvalue weighted by atomic mass is 10.2. The molecule has 2 aromatic heterocycles. The monoisotopic (exact) mass is 412 g/mol. The topological polar surface area (TPSA) is 77.5 Å². The quantitative estimate of drug-likeness (QED) is 0.474. The van der Waals surface area contributed by atoms with Crippen LogP contribution in [0.5, 0.6) is 0 Å².